The van der Waals surface area contributed by atoms with Crippen molar-refractivity contribution in [1.29, 1.82) is 0 Å². The lowest BCUT2D eigenvalue weighted by molar-refractivity contribution is -0.139. The van der Waals surface area contributed by atoms with Crippen molar-refractivity contribution < 1.29 is 22.4 Å². The molecule has 1 aromatic carbocycles. The Morgan fingerprint density at radius 2 is 1.77 bits per heavy atom. The van der Waals surface area contributed by atoms with E-state index in [4.69, 9.17) is 4.42 Å². The van der Waals surface area contributed by atoms with Crippen molar-refractivity contribution in [3.63, 3.8) is 0 Å². The maximum Gasteiger partial charge on any atom is 0.309 e. The molecule has 1 aliphatic rings. The van der Waals surface area contributed by atoms with Crippen LogP contribution in [0.25, 0.3) is 0 Å². The highest BCUT2D eigenvalue weighted by atomic mass is 32.2. The first kappa shape index (κ1) is 21.8. The minimum Gasteiger partial charge on any atom is -0.468 e. The molecule has 0 saturated carbocycles. The first-order chi connectivity index (χ1) is 14.5. The molecule has 0 bridgehead atoms. The number of carbonyl (C=O) groups is 2. The second kappa shape index (κ2) is 10.2. The third-order valence-corrected chi connectivity index (χ3v) is 7.16. The molecule has 1 aliphatic carbocycles. The second-order valence-corrected chi connectivity index (χ2v) is 9.32. The van der Waals surface area contributed by atoms with E-state index in [-0.39, 0.29) is 17.2 Å². The van der Waals surface area contributed by atoms with Gasteiger partial charge in [-0.15, -0.1) is 0 Å². The van der Waals surface area contributed by atoms with Crippen LogP contribution in [-0.4, -0.2) is 33.3 Å². The average molecular weight is 431 g/mol. The van der Waals surface area contributed by atoms with Crippen LogP contribution in [0.1, 0.15) is 43.1 Å². The number of nitrogens with one attached hydrogen (secondary N) is 2. The Morgan fingerprint density at radius 3 is 2.43 bits per heavy atom. The van der Waals surface area contributed by atoms with E-state index in [9.17, 15) is 18.0 Å². The minimum absolute atomic E-state index is 0.117. The number of carbonyl (C=O) groups excluding carboxylic acids is 2. The number of amides is 2. The summed E-state index contributed by atoms with van der Waals surface area (Å²) in [5.41, 5.74) is 1.30. The van der Waals surface area contributed by atoms with E-state index in [0.717, 1.165) is 25.7 Å². The molecule has 0 aliphatic heterocycles. The van der Waals surface area contributed by atoms with Gasteiger partial charge in [0.15, 0.2) is 9.84 Å². The molecule has 8 heteroatoms. The molecule has 1 unspecified atom stereocenters. The Morgan fingerprint density at radius 1 is 1.00 bits per heavy atom. The van der Waals surface area contributed by atoms with E-state index in [2.05, 4.69) is 16.7 Å². The van der Waals surface area contributed by atoms with E-state index in [1.165, 1.54) is 36.5 Å². The largest absolute Gasteiger partial charge is 0.468 e. The van der Waals surface area contributed by atoms with E-state index in [1.807, 2.05) is 0 Å². The Labute approximate surface area is 176 Å². The molecule has 3 rings (SSSR count). The summed E-state index contributed by atoms with van der Waals surface area (Å²) >= 11 is 0. The summed E-state index contributed by atoms with van der Waals surface area (Å²) in [6.07, 6.45) is 8.73. The zero-order valence-corrected chi connectivity index (χ0v) is 17.5. The van der Waals surface area contributed by atoms with Gasteiger partial charge in [-0.1, -0.05) is 29.8 Å². The first-order valence-electron chi connectivity index (χ1n) is 10.0. The number of benzene rings is 1. The van der Waals surface area contributed by atoms with E-state index >= 15 is 0 Å². The van der Waals surface area contributed by atoms with Crippen molar-refractivity contribution in [2.75, 3.05) is 13.1 Å². The fourth-order valence-corrected chi connectivity index (χ4v) is 5.03. The molecule has 1 heterocycles. The van der Waals surface area contributed by atoms with Crippen LogP contribution >= 0.6 is 0 Å². The molecule has 1 aromatic heterocycles. The average Bonchev–Trinajstić information content (AvgIpc) is 3.29. The number of rotatable bonds is 8. The molecular formula is C22H26N2O5S. The van der Waals surface area contributed by atoms with Gasteiger partial charge in [0.05, 0.1) is 11.2 Å². The molecule has 2 aromatic rings. The van der Waals surface area contributed by atoms with Crippen molar-refractivity contribution in [2.45, 2.75) is 42.2 Å². The summed E-state index contributed by atoms with van der Waals surface area (Å²) in [6, 6.07) is 11.1. The number of hydrogen-bond acceptors (Lipinski definition) is 5. The highest BCUT2D eigenvalue weighted by molar-refractivity contribution is 7.91. The Balaban J connectivity index is 1.59. The number of allylic oxidation sites excluding steroid dienone is 1. The number of sulfone groups is 1. The summed E-state index contributed by atoms with van der Waals surface area (Å²) < 4.78 is 31.4. The Bertz CT molecular complexity index is 982. The van der Waals surface area contributed by atoms with Crippen LogP contribution in [0, 0.1) is 0 Å². The van der Waals surface area contributed by atoms with Crippen molar-refractivity contribution >= 4 is 21.7 Å². The number of hydrogen-bond donors (Lipinski definition) is 2. The van der Waals surface area contributed by atoms with Gasteiger partial charge in [0.2, 0.25) is 0 Å². The van der Waals surface area contributed by atoms with E-state index < -0.39 is 26.9 Å². The lowest BCUT2D eigenvalue weighted by atomic mass is 9.97. The number of furan rings is 1. The van der Waals surface area contributed by atoms with Crippen LogP contribution < -0.4 is 10.6 Å². The van der Waals surface area contributed by atoms with Gasteiger partial charge in [0, 0.05) is 13.1 Å². The molecule has 2 N–H and O–H groups in total. The lowest BCUT2D eigenvalue weighted by Crippen LogP contribution is -2.42. The maximum atomic E-state index is 13.0. The molecule has 30 heavy (non-hydrogen) atoms. The maximum absolute atomic E-state index is 13.0. The monoisotopic (exact) mass is 430 g/mol. The summed E-state index contributed by atoms with van der Waals surface area (Å²) in [6.45, 7) is 0.101. The van der Waals surface area contributed by atoms with Crippen LogP contribution in [0.3, 0.4) is 0 Å². The molecule has 7 nitrogen and oxygen atoms in total. The molecule has 0 radical (unpaired) electrons. The Hall–Kier alpha value is -2.87. The Kier molecular flexibility index (Phi) is 7.46. The van der Waals surface area contributed by atoms with E-state index in [0.29, 0.717) is 6.54 Å². The predicted molar refractivity (Wildman–Crippen MR) is 112 cm³/mol. The summed E-state index contributed by atoms with van der Waals surface area (Å²) in [5.74, 6) is -1.45. The molecule has 1 atom stereocenters. The van der Waals surface area contributed by atoms with Crippen molar-refractivity contribution in [1.82, 2.24) is 10.6 Å². The van der Waals surface area contributed by atoms with E-state index in [1.54, 1.807) is 24.3 Å². The molecular weight excluding hydrogens is 404 g/mol. The molecule has 0 fully saturated rings. The minimum atomic E-state index is -3.82. The topological polar surface area (TPSA) is 105 Å². The van der Waals surface area contributed by atoms with Crippen LogP contribution in [0.4, 0.5) is 0 Å². The van der Waals surface area contributed by atoms with Gasteiger partial charge in [-0.05, 0) is 56.4 Å². The van der Waals surface area contributed by atoms with Gasteiger partial charge in [-0.3, -0.25) is 9.59 Å². The van der Waals surface area contributed by atoms with Crippen LogP contribution in [0.15, 0.2) is 69.7 Å². The molecule has 0 spiro atoms. The normalized spacial score (nSPS) is 15.1. The third-order valence-electron chi connectivity index (χ3n) is 5.08. The highest BCUT2D eigenvalue weighted by Gasteiger charge is 2.32. The fourth-order valence-electron chi connectivity index (χ4n) is 3.43. The van der Waals surface area contributed by atoms with Gasteiger partial charge in [0.25, 0.3) is 0 Å². The standard InChI is InChI=1S/C22H26N2O5S/c25-21(23-14-13-17-8-3-1-4-9-17)22(26)24-16-20(19-12-7-15-29-19)30(27,28)18-10-5-2-6-11-18/h2,5-8,10-12,15,20H,1,3-4,9,13-14,16H2,(H,23,25)(H,24,26). The first-order valence-corrected chi connectivity index (χ1v) is 11.6. The van der Waals surface area contributed by atoms with Crippen molar-refractivity contribution in [2.24, 2.45) is 0 Å². The van der Waals surface area contributed by atoms with Crippen LogP contribution in [0.5, 0.6) is 0 Å². The van der Waals surface area contributed by atoms with Gasteiger partial charge < -0.3 is 15.1 Å². The summed E-state index contributed by atoms with van der Waals surface area (Å²) in [5, 5.41) is 3.88. The van der Waals surface area contributed by atoms with Crippen molar-refractivity contribution in [3.05, 3.63) is 66.1 Å². The van der Waals surface area contributed by atoms with Crippen LogP contribution in [-0.2, 0) is 19.4 Å². The fraction of sp³-hybridized carbons (Fsp3) is 0.364. The van der Waals surface area contributed by atoms with Gasteiger partial charge in [-0.25, -0.2) is 8.42 Å². The lowest BCUT2D eigenvalue weighted by Gasteiger charge is -2.17. The summed E-state index contributed by atoms with van der Waals surface area (Å²) in [7, 11) is -3.82. The smallest absolute Gasteiger partial charge is 0.309 e. The van der Waals surface area contributed by atoms with Gasteiger partial charge in [-0.2, -0.15) is 0 Å². The zero-order valence-electron chi connectivity index (χ0n) is 16.7. The van der Waals surface area contributed by atoms with Gasteiger partial charge in [0.1, 0.15) is 11.0 Å². The van der Waals surface area contributed by atoms with Gasteiger partial charge >= 0.3 is 11.8 Å². The second-order valence-electron chi connectivity index (χ2n) is 7.19. The third kappa shape index (κ3) is 5.60. The van der Waals surface area contributed by atoms with Crippen LogP contribution in [0.2, 0.25) is 0 Å². The summed E-state index contributed by atoms with van der Waals surface area (Å²) in [4.78, 5) is 24.4. The van der Waals surface area contributed by atoms with Crippen molar-refractivity contribution in [3.8, 4) is 0 Å². The molecule has 2 amide bonds. The highest BCUT2D eigenvalue weighted by Crippen LogP contribution is 2.28. The zero-order chi connectivity index (χ0) is 21.4. The SMILES string of the molecule is O=C(NCCC1=CCCCC1)C(=O)NCC(c1ccco1)S(=O)(=O)c1ccccc1. The molecule has 160 valence electrons. The molecule has 0 saturated heterocycles. The predicted octanol–water partition coefficient (Wildman–Crippen LogP) is 2.92. The quantitative estimate of drug-likeness (QED) is 0.495.